The molecule has 9 heteroatoms. The molecular weight excluding hydrogens is 435 g/mol. The summed E-state index contributed by atoms with van der Waals surface area (Å²) >= 11 is 17.9. The average molecular weight is 450 g/mol. The van der Waals surface area contributed by atoms with Gasteiger partial charge in [0.05, 0.1) is 12.1 Å². The van der Waals surface area contributed by atoms with Crippen LogP contribution in [-0.2, 0) is 9.59 Å². The molecule has 6 nitrogen and oxygen atoms in total. The molecule has 0 fully saturated rings. The van der Waals surface area contributed by atoms with Gasteiger partial charge in [0.25, 0.3) is 5.91 Å². The molecule has 29 heavy (non-hydrogen) atoms. The molecule has 2 heterocycles. The Bertz CT molecular complexity index is 1110. The fourth-order valence-corrected chi connectivity index (χ4v) is 4.01. The van der Waals surface area contributed by atoms with Crippen LogP contribution in [0.4, 0.5) is 11.5 Å². The van der Waals surface area contributed by atoms with E-state index < -0.39 is 6.04 Å². The maximum atomic E-state index is 12.5. The van der Waals surface area contributed by atoms with Crippen molar-refractivity contribution in [1.82, 2.24) is 9.78 Å². The zero-order valence-corrected chi connectivity index (χ0v) is 17.4. The van der Waals surface area contributed by atoms with Gasteiger partial charge in [0.2, 0.25) is 5.91 Å². The zero-order valence-electron chi connectivity index (χ0n) is 15.2. The van der Waals surface area contributed by atoms with Crippen molar-refractivity contribution >= 4 is 58.1 Å². The maximum absolute atomic E-state index is 12.5. The van der Waals surface area contributed by atoms with Crippen LogP contribution in [0.15, 0.2) is 42.5 Å². The van der Waals surface area contributed by atoms with Gasteiger partial charge in [-0.3, -0.25) is 9.59 Å². The molecular formula is C20H15Cl3N4O2. The topological polar surface area (TPSA) is 76.0 Å². The number of carbonyl (C=O) groups excluding carboxylic acids is 2. The molecule has 2 amide bonds. The second-order valence-corrected chi connectivity index (χ2v) is 7.99. The Morgan fingerprint density at radius 1 is 1.10 bits per heavy atom. The summed E-state index contributed by atoms with van der Waals surface area (Å²) in [5, 5.41) is 11.5. The number of hydrogen-bond donors (Lipinski definition) is 2. The van der Waals surface area contributed by atoms with Crippen molar-refractivity contribution in [2.24, 2.45) is 0 Å². The molecule has 1 aliphatic rings. The Kier molecular flexibility index (Phi) is 5.25. The van der Waals surface area contributed by atoms with Crippen LogP contribution in [0.1, 0.15) is 18.2 Å². The molecule has 0 spiro atoms. The number of aromatic nitrogens is 2. The third-order valence-electron chi connectivity index (χ3n) is 4.58. The van der Waals surface area contributed by atoms with E-state index in [4.69, 9.17) is 34.8 Å². The van der Waals surface area contributed by atoms with Gasteiger partial charge in [-0.25, -0.2) is 4.68 Å². The van der Waals surface area contributed by atoms with Gasteiger partial charge < -0.3 is 10.6 Å². The van der Waals surface area contributed by atoms with Crippen molar-refractivity contribution in [2.75, 3.05) is 10.6 Å². The summed E-state index contributed by atoms with van der Waals surface area (Å²) in [5.74, 6) is -0.0714. The third kappa shape index (κ3) is 3.96. The molecule has 148 valence electrons. The lowest BCUT2D eigenvalue weighted by molar-refractivity contribution is -0.123. The number of nitrogens with zero attached hydrogens (tertiary/aromatic N) is 2. The molecule has 2 aromatic carbocycles. The van der Waals surface area contributed by atoms with E-state index in [0.717, 1.165) is 16.8 Å². The highest BCUT2D eigenvalue weighted by Crippen LogP contribution is 2.38. The van der Waals surface area contributed by atoms with Crippen molar-refractivity contribution < 1.29 is 9.59 Å². The van der Waals surface area contributed by atoms with Crippen molar-refractivity contribution in [3.63, 3.8) is 0 Å². The van der Waals surface area contributed by atoms with Crippen LogP contribution in [-0.4, -0.2) is 21.6 Å². The SMILES string of the molecule is Cc1nn2c(c1-c1ccc(Cl)cc1)NC(=O)C2CC(=O)Nc1cc(Cl)cc(Cl)c1. The third-order valence-corrected chi connectivity index (χ3v) is 5.27. The lowest BCUT2D eigenvalue weighted by Gasteiger charge is -2.10. The molecule has 0 aliphatic carbocycles. The second kappa shape index (κ2) is 7.71. The minimum atomic E-state index is -0.751. The molecule has 1 aliphatic heterocycles. The van der Waals surface area contributed by atoms with Crippen LogP contribution in [0.2, 0.25) is 15.1 Å². The zero-order chi connectivity index (χ0) is 20.7. The molecule has 0 bridgehead atoms. The van der Waals surface area contributed by atoms with E-state index in [-0.39, 0.29) is 18.2 Å². The summed E-state index contributed by atoms with van der Waals surface area (Å²) in [7, 11) is 0. The maximum Gasteiger partial charge on any atom is 0.251 e. The van der Waals surface area contributed by atoms with Crippen LogP contribution < -0.4 is 10.6 Å². The molecule has 0 saturated carbocycles. The van der Waals surface area contributed by atoms with Crippen molar-refractivity contribution in [3.05, 3.63) is 63.2 Å². The predicted octanol–water partition coefficient (Wildman–Crippen LogP) is 5.34. The number of nitrogens with one attached hydrogen (secondary N) is 2. The van der Waals surface area contributed by atoms with E-state index in [9.17, 15) is 9.59 Å². The molecule has 1 atom stereocenters. The first-order chi connectivity index (χ1) is 13.8. The summed E-state index contributed by atoms with van der Waals surface area (Å²) in [6.07, 6.45) is -0.0792. The van der Waals surface area contributed by atoms with Gasteiger partial charge >= 0.3 is 0 Å². The predicted molar refractivity (Wildman–Crippen MR) is 115 cm³/mol. The molecule has 2 N–H and O–H groups in total. The van der Waals surface area contributed by atoms with E-state index >= 15 is 0 Å². The highest BCUT2D eigenvalue weighted by Gasteiger charge is 2.36. The number of hydrogen-bond acceptors (Lipinski definition) is 3. The summed E-state index contributed by atoms with van der Waals surface area (Å²) in [6.45, 7) is 1.85. The molecule has 3 aromatic rings. The summed E-state index contributed by atoms with van der Waals surface area (Å²) in [6, 6.07) is 11.3. The van der Waals surface area contributed by atoms with E-state index in [2.05, 4.69) is 15.7 Å². The first-order valence-corrected chi connectivity index (χ1v) is 9.87. The Morgan fingerprint density at radius 2 is 1.76 bits per heavy atom. The number of fused-ring (bicyclic) bond motifs is 1. The fraction of sp³-hybridized carbons (Fsp3) is 0.150. The van der Waals surface area contributed by atoms with Crippen LogP contribution in [0.5, 0.6) is 0 Å². The smallest absolute Gasteiger partial charge is 0.251 e. The van der Waals surface area contributed by atoms with E-state index in [1.807, 2.05) is 19.1 Å². The van der Waals surface area contributed by atoms with Crippen molar-refractivity contribution in [3.8, 4) is 11.1 Å². The molecule has 0 saturated heterocycles. The lowest BCUT2D eigenvalue weighted by Crippen LogP contribution is -2.23. The lowest BCUT2D eigenvalue weighted by atomic mass is 10.1. The minimum absolute atomic E-state index is 0.0792. The van der Waals surface area contributed by atoms with Crippen LogP contribution in [0.25, 0.3) is 11.1 Å². The highest BCUT2D eigenvalue weighted by molar-refractivity contribution is 6.35. The number of carbonyl (C=O) groups is 2. The van der Waals surface area contributed by atoms with Crippen molar-refractivity contribution in [2.45, 2.75) is 19.4 Å². The monoisotopic (exact) mass is 448 g/mol. The minimum Gasteiger partial charge on any atom is -0.326 e. The van der Waals surface area contributed by atoms with Gasteiger partial charge in [-0.05, 0) is 42.8 Å². The van der Waals surface area contributed by atoms with Gasteiger partial charge in [-0.2, -0.15) is 5.10 Å². The number of amides is 2. The number of halogens is 3. The molecule has 0 radical (unpaired) electrons. The normalized spacial score (nSPS) is 15.2. The Morgan fingerprint density at radius 3 is 2.41 bits per heavy atom. The summed E-state index contributed by atoms with van der Waals surface area (Å²) < 4.78 is 1.56. The van der Waals surface area contributed by atoms with Crippen LogP contribution in [0.3, 0.4) is 0 Å². The number of benzene rings is 2. The van der Waals surface area contributed by atoms with E-state index in [1.165, 1.54) is 0 Å². The quantitative estimate of drug-likeness (QED) is 0.564. The average Bonchev–Trinajstić information content (AvgIpc) is 3.09. The number of aryl methyl sites for hydroxylation is 1. The van der Waals surface area contributed by atoms with Crippen molar-refractivity contribution in [1.29, 1.82) is 0 Å². The van der Waals surface area contributed by atoms with Crippen LogP contribution >= 0.6 is 34.8 Å². The summed E-state index contributed by atoms with van der Waals surface area (Å²) in [4.78, 5) is 25.0. The summed E-state index contributed by atoms with van der Waals surface area (Å²) in [5.41, 5.74) is 2.89. The Labute approximate surface area is 181 Å². The van der Waals surface area contributed by atoms with Crippen LogP contribution in [0, 0.1) is 6.92 Å². The first kappa shape index (κ1) is 19.8. The van der Waals surface area contributed by atoms with E-state index in [1.54, 1.807) is 35.0 Å². The Balaban J connectivity index is 1.58. The molecule has 1 unspecified atom stereocenters. The van der Waals surface area contributed by atoms with Gasteiger partial charge in [-0.15, -0.1) is 0 Å². The van der Waals surface area contributed by atoms with Gasteiger partial charge in [0.15, 0.2) is 0 Å². The fourth-order valence-electron chi connectivity index (χ4n) is 3.36. The second-order valence-electron chi connectivity index (χ2n) is 6.68. The Hall–Kier alpha value is -2.54. The number of rotatable bonds is 4. The standard InChI is InChI=1S/C20H15Cl3N4O2/c1-10-18(11-2-4-12(21)5-3-11)19-25-20(29)16(27(19)26-10)9-17(28)24-15-7-13(22)6-14(23)8-15/h2-8,16H,9H2,1H3,(H,24,28)(H,25,29). The van der Waals surface area contributed by atoms with E-state index in [0.29, 0.717) is 26.6 Å². The largest absolute Gasteiger partial charge is 0.326 e. The molecule has 1 aromatic heterocycles. The number of anilines is 2. The van der Waals surface area contributed by atoms with Gasteiger partial charge in [0, 0.05) is 26.3 Å². The van der Waals surface area contributed by atoms with Gasteiger partial charge in [-0.1, -0.05) is 46.9 Å². The van der Waals surface area contributed by atoms with Gasteiger partial charge in [0.1, 0.15) is 11.9 Å². The molecule has 4 rings (SSSR count). The first-order valence-electron chi connectivity index (χ1n) is 8.73. The highest BCUT2D eigenvalue weighted by atomic mass is 35.5.